The lowest BCUT2D eigenvalue weighted by atomic mass is 9.85. The molecule has 0 aromatic carbocycles. The Bertz CT molecular complexity index is 787. The zero-order chi connectivity index (χ0) is 16.6. The molecule has 0 amide bonds. The molecule has 2 aromatic rings. The van der Waals surface area contributed by atoms with E-state index in [1.165, 1.54) is 19.3 Å². The third kappa shape index (κ3) is 3.50. The number of nitrogens with zero attached hydrogens (tertiary/aromatic N) is 2. The van der Waals surface area contributed by atoms with Crippen LogP contribution in [-0.4, -0.2) is 18.2 Å². The Kier molecular flexibility index (Phi) is 4.33. The van der Waals surface area contributed by atoms with Gasteiger partial charge in [0.05, 0.1) is 6.20 Å². The maximum absolute atomic E-state index is 12.5. The van der Waals surface area contributed by atoms with Crippen LogP contribution in [0.4, 0.5) is 0 Å². The molecule has 3 rings (SSSR count). The molecule has 23 heavy (non-hydrogen) atoms. The number of hydrogen-bond donors (Lipinski definition) is 1. The van der Waals surface area contributed by atoms with Crippen LogP contribution in [0.2, 0.25) is 0 Å². The van der Waals surface area contributed by atoms with Gasteiger partial charge < -0.3 is 4.42 Å². The van der Waals surface area contributed by atoms with Crippen LogP contribution in [0.15, 0.2) is 27.8 Å². The van der Waals surface area contributed by atoms with Gasteiger partial charge in [-0.25, -0.2) is 13.1 Å². The molecule has 1 N–H and O–H groups in total. The quantitative estimate of drug-likeness (QED) is 0.879. The summed E-state index contributed by atoms with van der Waals surface area (Å²) in [7, 11) is -3.61. The first kappa shape index (κ1) is 16.3. The third-order valence-corrected chi connectivity index (χ3v) is 6.09. The second kappa shape index (κ2) is 6.13. The second-order valence-corrected chi connectivity index (χ2v) is 8.10. The highest BCUT2D eigenvalue weighted by Crippen LogP contribution is 2.28. The lowest BCUT2D eigenvalue weighted by Crippen LogP contribution is -2.27. The van der Waals surface area contributed by atoms with Crippen LogP contribution in [-0.2, 0) is 16.6 Å². The Morgan fingerprint density at radius 1 is 1.43 bits per heavy atom. The van der Waals surface area contributed by atoms with Crippen molar-refractivity contribution in [2.75, 3.05) is 0 Å². The first-order valence-electron chi connectivity index (χ1n) is 7.97. The van der Waals surface area contributed by atoms with Gasteiger partial charge in [0.25, 0.3) is 0 Å². The van der Waals surface area contributed by atoms with E-state index in [9.17, 15) is 8.42 Å². The molecule has 1 unspecified atom stereocenters. The van der Waals surface area contributed by atoms with Crippen molar-refractivity contribution in [3.05, 3.63) is 35.5 Å². The summed E-state index contributed by atoms with van der Waals surface area (Å²) < 4.78 is 34.9. The van der Waals surface area contributed by atoms with Gasteiger partial charge in [-0.15, -0.1) is 0 Å². The highest BCUT2D eigenvalue weighted by atomic mass is 32.2. The van der Waals surface area contributed by atoms with Crippen molar-refractivity contribution < 1.29 is 12.8 Å². The molecule has 0 spiro atoms. The molecule has 0 bridgehead atoms. The van der Waals surface area contributed by atoms with Gasteiger partial charge in [0.2, 0.25) is 10.0 Å². The van der Waals surface area contributed by atoms with Crippen LogP contribution < -0.4 is 4.72 Å². The largest absolute Gasteiger partial charge is 0.465 e. The van der Waals surface area contributed by atoms with E-state index in [1.807, 2.05) is 17.8 Å². The number of furan rings is 1. The van der Waals surface area contributed by atoms with E-state index in [2.05, 4.69) is 9.82 Å². The van der Waals surface area contributed by atoms with Crippen molar-refractivity contribution in [1.29, 1.82) is 0 Å². The van der Waals surface area contributed by atoms with Gasteiger partial charge in [0, 0.05) is 24.3 Å². The minimum Gasteiger partial charge on any atom is -0.465 e. The molecular weight excluding hydrogens is 314 g/mol. The first-order valence-corrected chi connectivity index (χ1v) is 9.45. The summed E-state index contributed by atoms with van der Waals surface area (Å²) in [6, 6.07) is 1.20. The summed E-state index contributed by atoms with van der Waals surface area (Å²) in [5, 5.41) is 4.35. The molecule has 126 valence electrons. The van der Waals surface area contributed by atoms with Crippen LogP contribution in [0.1, 0.15) is 49.3 Å². The second-order valence-electron chi connectivity index (χ2n) is 6.41. The first-order chi connectivity index (χ1) is 10.8. The van der Waals surface area contributed by atoms with Crippen LogP contribution >= 0.6 is 0 Å². The van der Waals surface area contributed by atoms with E-state index in [0.29, 0.717) is 17.4 Å². The highest BCUT2D eigenvalue weighted by molar-refractivity contribution is 7.89. The summed E-state index contributed by atoms with van der Waals surface area (Å²) in [4.78, 5) is 0.198. The molecule has 2 heterocycles. The predicted octanol–water partition coefficient (Wildman–Crippen LogP) is 2.93. The van der Waals surface area contributed by atoms with Crippen LogP contribution in [0.3, 0.4) is 0 Å². The molecule has 1 saturated carbocycles. The van der Waals surface area contributed by atoms with Crippen molar-refractivity contribution >= 4 is 10.0 Å². The summed E-state index contributed by atoms with van der Waals surface area (Å²) in [6.45, 7) is 6.13. The van der Waals surface area contributed by atoms with Gasteiger partial charge in [-0.2, -0.15) is 5.10 Å². The average Bonchev–Trinajstić information content (AvgIpc) is 3.00. The molecule has 2 aromatic heterocycles. The summed E-state index contributed by atoms with van der Waals surface area (Å²) in [6.07, 6.45) is 7.49. The van der Waals surface area contributed by atoms with Crippen LogP contribution in [0.25, 0.3) is 0 Å². The predicted molar refractivity (Wildman–Crippen MR) is 86.5 cm³/mol. The smallest absolute Gasteiger partial charge is 0.244 e. The van der Waals surface area contributed by atoms with Gasteiger partial charge in [-0.05, 0) is 45.6 Å². The summed E-state index contributed by atoms with van der Waals surface area (Å²) in [5.41, 5.74) is 0.866. The van der Waals surface area contributed by atoms with Crippen LogP contribution in [0, 0.1) is 19.8 Å². The zero-order valence-electron chi connectivity index (χ0n) is 13.7. The van der Waals surface area contributed by atoms with Crippen molar-refractivity contribution in [1.82, 2.24) is 14.5 Å². The fourth-order valence-electron chi connectivity index (χ4n) is 2.88. The number of hydrogen-bond acceptors (Lipinski definition) is 4. The summed E-state index contributed by atoms with van der Waals surface area (Å²) >= 11 is 0. The maximum atomic E-state index is 12.5. The van der Waals surface area contributed by atoms with Crippen molar-refractivity contribution in [2.24, 2.45) is 5.92 Å². The Hall–Kier alpha value is -1.60. The number of rotatable bonds is 6. The fourth-order valence-corrected chi connectivity index (χ4v) is 4.35. The SMILES string of the molecule is Cc1cc(S(=O)(=O)NC(C)c2cnn(CC3CCC3)c2)c(C)o1. The standard InChI is InChI=1S/C16H23N3O3S/c1-11-7-16(13(3)22-11)23(20,21)18-12(2)15-8-17-19(10-15)9-14-5-4-6-14/h7-8,10,12,14,18H,4-6,9H2,1-3H3. The number of aryl methyl sites for hydroxylation is 2. The third-order valence-electron chi connectivity index (χ3n) is 4.44. The lowest BCUT2D eigenvalue weighted by molar-refractivity contribution is 0.266. The van der Waals surface area contributed by atoms with Crippen molar-refractivity contribution in [3.63, 3.8) is 0 Å². The minimum atomic E-state index is -3.61. The fraction of sp³-hybridized carbons (Fsp3) is 0.562. The Morgan fingerprint density at radius 3 is 2.74 bits per heavy atom. The molecule has 6 nitrogen and oxygen atoms in total. The van der Waals surface area contributed by atoms with E-state index in [4.69, 9.17) is 4.42 Å². The lowest BCUT2D eigenvalue weighted by Gasteiger charge is -2.24. The Balaban J connectivity index is 1.70. The Labute approximate surface area is 136 Å². The molecule has 0 aliphatic heterocycles. The minimum absolute atomic E-state index is 0.198. The van der Waals surface area contributed by atoms with Gasteiger partial charge in [-0.1, -0.05) is 6.42 Å². The number of sulfonamides is 1. The van der Waals surface area contributed by atoms with E-state index < -0.39 is 10.0 Å². The van der Waals surface area contributed by atoms with Gasteiger partial charge in [-0.3, -0.25) is 4.68 Å². The molecule has 1 aliphatic carbocycles. The van der Waals surface area contributed by atoms with Gasteiger partial charge in [0.1, 0.15) is 16.4 Å². The molecule has 7 heteroatoms. The monoisotopic (exact) mass is 337 g/mol. The van der Waals surface area contributed by atoms with Crippen molar-refractivity contribution in [2.45, 2.75) is 57.5 Å². The average molecular weight is 337 g/mol. The maximum Gasteiger partial charge on any atom is 0.244 e. The summed E-state index contributed by atoms with van der Waals surface area (Å²) in [5.74, 6) is 1.71. The van der Waals surface area contributed by atoms with Gasteiger partial charge in [0.15, 0.2) is 0 Å². The molecule has 1 fully saturated rings. The van der Waals surface area contributed by atoms with E-state index >= 15 is 0 Å². The molecule has 0 saturated heterocycles. The molecule has 1 aliphatic rings. The van der Waals surface area contributed by atoms with E-state index in [0.717, 1.165) is 12.1 Å². The zero-order valence-corrected chi connectivity index (χ0v) is 14.6. The van der Waals surface area contributed by atoms with Crippen LogP contribution in [0.5, 0.6) is 0 Å². The molecule has 0 radical (unpaired) electrons. The molecular formula is C16H23N3O3S. The number of aromatic nitrogens is 2. The van der Waals surface area contributed by atoms with E-state index in [1.54, 1.807) is 26.1 Å². The van der Waals surface area contributed by atoms with Gasteiger partial charge >= 0.3 is 0 Å². The topological polar surface area (TPSA) is 77.1 Å². The molecule has 1 atom stereocenters. The van der Waals surface area contributed by atoms with Crippen molar-refractivity contribution in [3.8, 4) is 0 Å². The normalized spacial score (nSPS) is 17.2. The van der Waals surface area contributed by atoms with E-state index in [-0.39, 0.29) is 10.9 Å². The highest BCUT2D eigenvalue weighted by Gasteiger charge is 2.24. The number of nitrogens with one attached hydrogen (secondary N) is 1. The Morgan fingerprint density at radius 2 is 2.17 bits per heavy atom.